The van der Waals surface area contributed by atoms with Crippen LogP contribution >= 0.6 is 23.1 Å². The third-order valence-corrected chi connectivity index (χ3v) is 6.90. The number of carbonyl (C=O) groups is 1. The van der Waals surface area contributed by atoms with E-state index in [2.05, 4.69) is 57.7 Å². The smallest absolute Gasteiger partial charge is 0.253 e. The molecule has 0 aliphatic heterocycles. The van der Waals surface area contributed by atoms with E-state index in [1.807, 2.05) is 6.07 Å². The lowest BCUT2D eigenvalue weighted by atomic mass is 9.86. The second-order valence-electron chi connectivity index (χ2n) is 7.06. The number of hydrogen-bond donors (Lipinski definition) is 0. The van der Waals surface area contributed by atoms with Gasteiger partial charge in [-0.25, -0.2) is 9.50 Å². The minimum atomic E-state index is 0.138. The minimum Gasteiger partial charge on any atom is -0.294 e. The first kappa shape index (κ1) is 17.6. The molecule has 3 heterocycles. The molecule has 0 saturated heterocycles. The highest BCUT2D eigenvalue weighted by atomic mass is 32.2. The second-order valence-corrected chi connectivity index (χ2v) is 8.98. The van der Waals surface area contributed by atoms with E-state index in [0.29, 0.717) is 22.9 Å². The van der Waals surface area contributed by atoms with Crippen molar-refractivity contribution in [3.8, 4) is 0 Å². The largest absolute Gasteiger partial charge is 0.294 e. The number of ketones is 1. The van der Waals surface area contributed by atoms with Crippen molar-refractivity contribution in [2.24, 2.45) is 0 Å². The maximum Gasteiger partial charge on any atom is 0.253 e. The Morgan fingerprint density at radius 1 is 1.21 bits per heavy atom. The van der Waals surface area contributed by atoms with E-state index in [1.165, 1.54) is 16.0 Å². The van der Waals surface area contributed by atoms with Crippen molar-refractivity contribution in [1.82, 2.24) is 19.6 Å². The second kappa shape index (κ2) is 7.14. The van der Waals surface area contributed by atoms with Crippen LogP contribution in [0.2, 0.25) is 0 Å². The number of nitrogens with zero attached hydrogens (tertiary/aromatic N) is 4. The van der Waals surface area contributed by atoms with Gasteiger partial charge in [0.25, 0.3) is 5.78 Å². The molecule has 0 bridgehead atoms. The summed E-state index contributed by atoms with van der Waals surface area (Å²) in [6.07, 6.45) is 3.11. The quantitative estimate of drug-likeness (QED) is 0.460. The van der Waals surface area contributed by atoms with Crippen LogP contribution < -0.4 is 0 Å². The molecule has 1 aromatic carbocycles. The van der Waals surface area contributed by atoms with Crippen LogP contribution in [0.3, 0.4) is 0 Å². The van der Waals surface area contributed by atoms with E-state index in [-0.39, 0.29) is 11.7 Å². The summed E-state index contributed by atoms with van der Waals surface area (Å²) < 4.78 is 1.64. The number of fused-ring (bicyclic) bond motifs is 2. The Balaban J connectivity index is 1.41. The normalized spacial score (nSPS) is 16.5. The number of benzene rings is 1. The summed E-state index contributed by atoms with van der Waals surface area (Å²) in [6, 6.07) is 12.6. The van der Waals surface area contributed by atoms with Crippen LogP contribution in [0.5, 0.6) is 0 Å². The Morgan fingerprint density at radius 2 is 2.14 bits per heavy atom. The maximum atomic E-state index is 12.7. The Bertz CT molecular complexity index is 1170. The third kappa shape index (κ3) is 3.36. The zero-order valence-corrected chi connectivity index (χ0v) is 17.0. The SMILES string of the molecule is Cc1cccc(CSc2nc3nc4c(cn3n2)C(=O)C[C@H](c2cccs2)C4)c1. The fourth-order valence-electron chi connectivity index (χ4n) is 3.60. The Kier molecular flexibility index (Phi) is 4.49. The van der Waals surface area contributed by atoms with Crippen molar-refractivity contribution < 1.29 is 4.79 Å². The molecule has 0 saturated carbocycles. The molecular weight excluding hydrogens is 388 g/mol. The van der Waals surface area contributed by atoms with Crippen LogP contribution in [0.25, 0.3) is 5.78 Å². The van der Waals surface area contributed by atoms with Crippen molar-refractivity contribution in [2.45, 2.75) is 36.6 Å². The van der Waals surface area contributed by atoms with Gasteiger partial charge in [-0.15, -0.1) is 16.4 Å². The number of rotatable bonds is 4. The van der Waals surface area contributed by atoms with Gasteiger partial charge in [-0.05, 0) is 30.4 Å². The summed E-state index contributed by atoms with van der Waals surface area (Å²) >= 11 is 3.29. The predicted octanol–water partition coefficient (Wildman–Crippen LogP) is 4.70. The minimum absolute atomic E-state index is 0.138. The van der Waals surface area contributed by atoms with Gasteiger partial charge in [-0.2, -0.15) is 4.98 Å². The molecule has 28 heavy (non-hydrogen) atoms. The summed E-state index contributed by atoms with van der Waals surface area (Å²) in [5.41, 5.74) is 4.00. The first-order valence-corrected chi connectivity index (χ1v) is 11.0. The summed E-state index contributed by atoms with van der Waals surface area (Å²) in [5.74, 6) is 1.72. The molecule has 0 unspecified atom stereocenters. The predicted molar refractivity (Wildman–Crippen MR) is 111 cm³/mol. The van der Waals surface area contributed by atoms with Crippen LogP contribution in [0.1, 0.15) is 44.4 Å². The van der Waals surface area contributed by atoms with Gasteiger partial charge >= 0.3 is 0 Å². The third-order valence-electron chi connectivity index (χ3n) is 4.96. The van der Waals surface area contributed by atoms with Crippen LogP contribution in [0, 0.1) is 6.92 Å². The highest BCUT2D eigenvalue weighted by Crippen LogP contribution is 2.34. The number of thiophene rings is 1. The summed E-state index contributed by atoms with van der Waals surface area (Å²) in [7, 11) is 0. The maximum absolute atomic E-state index is 12.7. The molecule has 0 fully saturated rings. The van der Waals surface area contributed by atoms with Gasteiger partial charge in [0.2, 0.25) is 5.16 Å². The summed E-state index contributed by atoms with van der Waals surface area (Å²) in [4.78, 5) is 23.2. The Hall–Kier alpha value is -2.51. The first-order chi connectivity index (χ1) is 13.7. The van der Waals surface area contributed by atoms with Gasteiger partial charge in [-0.1, -0.05) is 47.7 Å². The lowest BCUT2D eigenvalue weighted by molar-refractivity contribution is 0.0963. The topological polar surface area (TPSA) is 60.1 Å². The lowest BCUT2D eigenvalue weighted by Crippen LogP contribution is -2.20. The lowest BCUT2D eigenvalue weighted by Gasteiger charge is -2.21. The number of carbonyl (C=O) groups excluding carboxylic acids is 1. The molecule has 0 spiro atoms. The van der Waals surface area contributed by atoms with Crippen LogP contribution in [-0.4, -0.2) is 25.4 Å². The van der Waals surface area contributed by atoms with E-state index in [9.17, 15) is 4.79 Å². The molecule has 0 N–H and O–H groups in total. The molecular formula is C21H18N4OS2. The molecule has 140 valence electrons. The number of aryl methyl sites for hydroxylation is 1. The van der Waals surface area contributed by atoms with E-state index in [1.54, 1.807) is 33.8 Å². The number of hydrogen-bond acceptors (Lipinski definition) is 6. The molecule has 5 rings (SSSR count). The van der Waals surface area contributed by atoms with Crippen molar-refractivity contribution in [3.05, 3.63) is 75.2 Å². The first-order valence-electron chi connectivity index (χ1n) is 9.17. The number of aromatic nitrogens is 4. The number of thioether (sulfide) groups is 1. The van der Waals surface area contributed by atoms with Crippen molar-refractivity contribution in [2.75, 3.05) is 0 Å². The fraction of sp³-hybridized carbons (Fsp3) is 0.238. The van der Waals surface area contributed by atoms with Crippen LogP contribution in [0.15, 0.2) is 53.1 Å². The van der Waals surface area contributed by atoms with Gasteiger partial charge in [0, 0.05) is 29.2 Å². The zero-order valence-electron chi connectivity index (χ0n) is 15.3. The van der Waals surface area contributed by atoms with Gasteiger partial charge in [0.05, 0.1) is 11.3 Å². The van der Waals surface area contributed by atoms with E-state index in [0.717, 1.165) is 17.9 Å². The van der Waals surface area contributed by atoms with Crippen LogP contribution in [-0.2, 0) is 12.2 Å². The van der Waals surface area contributed by atoms with E-state index in [4.69, 9.17) is 0 Å². The van der Waals surface area contributed by atoms with Crippen LogP contribution in [0.4, 0.5) is 0 Å². The van der Waals surface area contributed by atoms with Gasteiger partial charge < -0.3 is 0 Å². The van der Waals surface area contributed by atoms with Crippen molar-refractivity contribution >= 4 is 34.7 Å². The van der Waals surface area contributed by atoms with Gasteiger partial charge in [0.1, 0.15) is 0 Å². The standard InChI is InChI=1S/C21H18N4OS2/c1-13-4-2-5-14(8-13)12-28-21-23-20-22-17-9-15(19-6-3-7-27-19)10-18(26)16(17)11-25(20)24-21/h2-8,11,15H,9-10,12H2,1H3/t15-/m1/s1. The average molecular weight is 407 g/mol. The van der Waals surface area contributed by atoms with Crippen molar-refractivity contribution in [3.63, 3.8) is 0 Å². The van der Waals surface area contributed by atoms with E-state index >= 15 is 0 Å². The molecule has 1 atom stereocenters. The van der Waals surface area contributed by atoms with Gasteiger partial charge in [-0.3, -0.25) is 4.79 Å². The molecule has 4 aromatic rings. The average Bonchev–Trinajstić information content (AvgIpc) is 3.34. The Labute approximate surface area is 170 Å². The number of Topliss-reactive ketones (excluding diaryl/α,β-unsaturated/α-hetero) is 1. The Morgan fingerprint density at radius 3 is 2.96 bits per heavy atom. The molecule has 1 aliphatic carbocycles. The summed E-state index contributed by atoms with van der Waals surface area (Å²) in [6.45, 7) is 2.09. The molecule has 7 heteroatoms. The monoisotopic (exact) mass is 406 g/mol. The van der Waals surface area contributed by atoms with Gasteiger partial charge in [0.15, 0.2) is 5.78 Å². The summed E-state index contributed by atoms with van der Waals surface area (Å²) in [5, 5.41) is 7.25. The molecule has 1 aliphatic rings. The fourth-order valence-corrected chi connectivity index (χ4v) is 5.20. The highest BCUT2D eigenvalue weighted by molar-refractivity contribution is 7.98. The molecule has 0 radical (unpaired) electrons. The van der Waals surface area contributed by atoms with E-state index < -0.39 is 0 Å². The molecule has 5 nitrogen and oxygen atoms in total. The highest BCUT2D eigenvalue weighted by Gasteiger charge is 2.29. The molecule has 3 aromatic heterocycles. The van der Waals surface area contributed by atoms with Crippen molar-refractivity contribution in [1.29, 1.82) is 0 Å². The zero-order chi connectivity index (χ0) is 19.1. The molecule has 0 amide bonds.